The Morgan fingerprint density at radius 2 is 1.88 bits per heavy atom. The minimum Gasteiger partial charge on any atom is -0.506 e. The van der Waals surface area contributed by atoms with Crippen LogP contribution in [0.4, 0.5) is 0 Å². The third-order valence-corrected chi connectivity index (χ3v) is 5.86. The van der Waals surface area contributed by atoms with Crippen molar-refractivity contribution in [2.24, 2.45) is 5.92 Å². The smallest absolute Gasteiger partial charge is 0.267 e. The van der Waals surface area contributed by atoms with Gasteiger partial charge in [0.25, 0.3) is 5.56 Å². The number of hydrogen-bond donors (Lipinski definition) is 1. The molecule has 0 bridgehead atoms. The molecule has 1 aliphatic carbocycles. The van der Waals surface area contributed by atoms with Gasteiger partial charge in [-0.2, -0.15) is 0 Å². The molecule has 4 aromatic rings. The van der Waals surface area contributed by atoms with E-state index in [4.69, 9.17) is 11.6 Å². The van der Waals surface area contributed by atoms with Crippen LogP contribution in [0.5, 0.6) is 5.75 Å². The second-order valence-electron chi connectivity index (χ2n) is 7.35. The van der Waals surface area contributed by atoms with E-state index in [9.17, 15) is 9.90 Å². The zero-order chi connectivity index (χ0) is 18.0. The molecule has 0 amide bonds. The lowest BCUT2D eigenvalue weighted by atomic mass is 9.87. The van der Waals surface area contributed by atoms with Crippen LogP contribution in [0, 0.1) is 5.92 Å². The summed E-state index contributed by atoms with van der Waals surface area (Å²) >= 11 is 6.38. The molecule has 1 unspecified atom stereocenters. The molecule has 130 valence electrons. The molecule has 0 fully saturated rings. The zero-order valence-electron chi connectivity index (χ0n) is 14.4. The number of fused-ring (bicyclic) bond motifs is 3. The second kappa shape index (κ2) is 5.49. The maximum absolute atomic E-state index is 13.4. The molecule has 3 nitrogen and oxygen atoms in total. The molecule has 2 aromatic heterocycles. The number of aromatic hydroxyl groups is 1. The molecule has 1 N–H and O–H groups in total. The monoisotopic (exact) mass is 363 g/mol. The van der Waals surface area contributed by atoms with E-state index in [0.717, 1.165) is 41.4 Å². The van der Waals surface area contributed by atoms with Crippen molar-refractivity contribution in [1.82, 2.24) is 4.40 Å². The number of benzene rings is 2. The largest absolute Gasteiger partial charge is 0.506 e. The minimum absolute atomic E-state index is 0.0177. The number of halogens is 1. The molecule has 1 atom stereocenters. The first-order chi connectivity index (χ1) is 12.6. The van der Waals surface area contributed by atoms with Gasteiger partial charge in [0.2, 0.25) is 0 Å². The van der Waals surface area contributed by atoms with E-state index < -0.39 is 0 Å². The lowest BCUT2D eigenvalue weighted by molar-refractivity contribution is 0.481. The van der Waals surface area contributed by atoms with Crippen LogP contribution in [0.3, 0.4) is 0 Å². The fraction of sp³-hybridized carbons (Fsp3) is 0.227. The predicted molar refractivity (Wildman–Crippen MR) is 106 cm³/mol. The van der Waals surface area contributed by atoms with Crippen LogP contribution in [-0.4, -0.2) is 9.51 Å². The molecule has 0 saturated carbocycles. The Morgan fingerprint density at radius 3 is 2.65 bits per heavy atom. The second-order valence-corrected chi connectivity index (χ2v) is 7.79. The molecule has 26 heavy (non-hydrogen) atoms. The molecular formula is C22H18ClNO2. The molecule has 0 radical (unpaired) electrons. The summed E-state index contributed by atoms with van der Waals surface area (Å²) in [5.74, 6) is 0.596. The first-order valence-electron chi connectivity index (χ1n) is 8.95. The molecule has 5 rings (SSSR count). The minimum atomic E-state index is -0.149. The van der Waals surface area contributed by atoms with Crippen LogP contribution < -0.4 is 5.56 Å². The molecule has 0 spiro atoms. The topological polar surface area (TPSA) is 41.7 Å². The molecule has 4 heteroatoms. The Morgan fingerprint density at radius 1 is 1.15 bits per heavy atom. The highest BCUT2D eigenvalue weighted by Gasteiger charge is 2.28. The number of nitrogens with zero attached hydrogens (tertiary/aromatic N) is 1. The van der Waals surface area contributed by atoms with Crippen molar-refractivity contribution in [2.75, 3.05) is 0 Å². The van der Waals surface area contributed by atoms with E-state index >= 15 is 0 Å². The summed E-state index contributed by atoms with van der Waals surface area (Å²) < 4.78 is 1.82. The number of pyridine rings is 1. The van der Waals surface area contributed by atoms with Gasteiger partial charge in [-0.15, -0.1) is 0 Å². The molecule has 1 aliphatic rings. The molecule has 2 heterocycles. The van der Waals surface area contributed by atoms with E-state index in [-0.39, 0.29) is 11.3 Å². The highest BCUT2D eigenvalue weighted by atomic mass is 35.5. The summed E-state index contributed by atoms with van der Waals surface area (Å²) in [4.78, 5) is 13.4. The lowest BCUT2D eigenvalue weighted by Crippen LogP contribution is -2.20. The summed E-state index contributed by atoms with van der Waals surface area (Å²) in [5.41, 5.74) is 4.00. The van der Waals surface area contributed by atoms with Crippen LogP contribution in [0.25, 0.3) is 27.4 Å². The van der Waals surface area contributed by atoms with Crippen molar-refractivity contribution >= 4 is 27.9 Å². The number of rotatable bonds is 1. The van der Waals surface area contributed by atoms with Crippen LogP contribution in [0.2, 0.25) is 5.02 Å². The highest BCUT2D eigenvalue weighted by molar-refractivity contribution is 6.32. The van der Waals surface area contributed by atoms with E-state index in [0.29, 0.717) is 21.9 Å². The van der Waals surface area contributed by atoms with E-state index in [1.165, 1.54) is 5.56 Å². The van der Waals surface area contributed by atoms with E-state index in [2.05, 4.69) is 6.92 Å². The summed E-state index contributed by atoms with van der Waals surface area (Å²) in [6.45, 7) is 2.24. The summed E-state index contributed by atoms with van der Waals surface area (Å²) in [5, 5.41) is 13.2. The summed E-state index contributed by atoms with van der Waals surface area (Å²) in [7, 11) is 0. The van der Waals surface area contributed by atoms with Crippen molar-refractivity contribution in [3.05, 3.63) is 69.1 Å². The Labute approximate surface area is 155 Å². The predicted octanol–water partition coefficient (Wildman–Crippen LogP) is 5.04. The van der Waals surface area contributed by atoms with Crippen molar-refractivity contribution in [3.8, 4) is 16.9 Å². The Kier molecular flexibility index (Phi) is 3.32. The van der Waals surface area contributed by atoms with Gasteiger partial charge in [-0.05, 0) is 48.4 Å². The zero-order valence-corrected chi connectivity index (χ0v) is 15.2. The van der Waals surface area contributed by atoms with Gasteiger partial charge in [0.05, 0.1) is 11.1 Å². The molecular weight excluding hydrogens is 346 g/mol. The fourth-order valence-corrected chi connectivity index (χ4v) is 4.66. The maximum atomic E-state index is 13.4. The summed E-state index contributed by atoms with van der Waals surface area (Å²) in [6, 6.07) is 13.1. The van der Waals surface area contributed by atoms with E-state index in [1.54, 1.807) is 6.07 Å². The average Bonchev–Trinajstić information content (AvgIpc) is 2.95. The molecule has 0 saturated heterocycles. The van der Waals surface area contributed by atoms with Crippen molar-refractivity contribution in [2.45, 2.75) is 26.2 Å². The van der Waals surface area contributed by atoms with Gasteiger partial charge in [0, 0.05) is 21.5 Å². The SMILES string of the molecule is CC1CCc2c(c3cc(Cl)cc4c(O)c(-c5ccccc5)c(=O)n2c43)C1. The molecule has 0 aliphatic heterocycles. The van der Waals surface area contributed by atoms with Crippen LogP contribution in [-0.2, 0) is 12.8 Å². The lowest BCUT2D eigenvalue weighted by Gasteiger charge is -2.19. The van der Waals surface area contributed by atoms with Gasteiger partial charge in [-0.1, -0.05) is 48.9 Å². The van der Waals surface area contributed by atoms with Gasteiger partial charge >= 0.3 is 0 Å². The van der Waals surface area contributed by atoms with Gasteiger partial charge in [-0.3, -0.25) is 9.20 Å². The number of aromatic nitrogens is 1. The summed E-state index contributed by atoms with van der Waals surface area (Å²) in [6.07, 6.45) is 2.88. The standard InChI is InChI=1S/C22H18ClNO2/c1-12-7-8-18-15(9-12)16-10-14(23)11-17-20(16)24(18)22(26)19(21(17)25)13-5-3-2-4-6-13/h2-6,10-12,25H,7-9H2,1H3. The Bertz CT molecular complexity index is 1210. The number of aryl methyl sites for hydroxylation is 1. The van der Waals surface area contributed by atoms with Crippen molar-refractivity contribution in [3.63, 3.8) is 0 Å². The third-order valence-electron chi connectivity index (χ3n) is 5.64. The van der Waals surface area contributed by atoms with Gasteiger partial charge in [0.15, 0.2) is 0 Å². The average molecular weight is 364 g/mol. The fourth-order valence-electron chi connectivity index (χ4n) is 4.44. The van der Waals surface area contributed by atoms with E-state index in [1.807, 2.05) is 40.8 Å². The molecule has 2 aromatic carbocycles. The highest BCUT2D eigenvalue weighted by Crippen LogP contribution is 2.42. The van der Waals surface area contributed by atoms with Gasteiger partial charge in [0.1, 0.15) is 5.75 Å². The first kappa shape index (κ1) is 15.7. The maximum Gasteiger partial charge on any atom is 0.267 e. The van der Waals surface area contributed by atoms with Crippen molar-refractivity contribution < 1.29 is 5.11 Å². The van der Waals surface area contributed by atoms with Gasteiger partial charge < -0.3 is 5.11 Å². The van der Waals surface area contributed by atoms with Crippen LogP contribution in [0.15, 0.2) is 47.3 Å². The Balaban J connectivity index is 2.01. The number of hydrogen-bond acceptors (Lipinski definition) is 2. The van der Waals surface area contributed by atoms with Gasteiger partial charge in [-0.25, -0.2) is 0 Å². The third kappa shape index (κ3) is 2.04. The first-order valence-corrected chi connectivity index (χ1v) is 9.33. The normalized spacial score (nSPS) is 17.1. The van der Waals surface area contributed by atoms with Crippen LogP contribution >= 0.6 is 11.6 Å². The quantitative estimate of drug-likeness (QED) is 0.514. The van der Waals surface area contributed by atoms with Crippen molar-refractivity contribution in [1.29, 1.82) is 0 Å². The Hall–Kier alpha value is -2.52. The van der Waals surface area contributed by atoms with Crippen LogP contribution in [0.1, 0.15) is 24.6 Å².